The minimum atomic E-state index is -0.430. The minimum Gasteiger partial charge on any atom is -0.465 e. The highest BCUT2D eigenvalue weighted by atomic mass is 16.5. The fraction of sp³-hybridized carbons (Fsp3) is 0.600. The fourth-order valence-corrected chi connectivity index (χ4v) is 1.18. The number of hydrogen-bond donors (Lipinski definition) is 0. The third-order valence-corrected chi connectivity index (χ3v) is 1.98. The first-order valence-corrected chi connectivity index (χ1v) is 4.61. The molecular weight excluding hydrogens is 182 g/mol. The van der Waals surface area contributed by atoms with E-state index in [1.807, 2.05) is 5.92 Å². The smallest absolute Gasteiger partial charge is 0.325 e. The summed E-state index contributed by atoms with van der Waals surface area (Å²) in [5.41, 5.74) is 0. The Hall–Kier alpha value is -1.50. The van der Waals surface area contributed by atoms with Gasteiger partial charge in [-0.3, -0.25) is 9.59 Å². The number of carbonyl (C=O) groups excluding carboxylic acids is 2. The maximum atomic E-state index is 11.2. The summed E-state index contributed by atoms with van der Waals surface area (Å²) < 4.78 is 4.74. The van der Waals surface area contributed by atoms with E-state index in [0.29, 0.717) is 6.61 Å². The first kappa shape index (κ1) is 10.6. The summed E-state index contributed by atoms with van der Waals surface area (Å²) in [6.07, 6.45) is 6.84. The molecule has 1 saturated carbocycles. The van der Waals surface area contributed by atoms with Crippen molar-refractivity contribution in [1.82, 2.24) is 4.90 Å². The van der Waals surface area contributed by atoms with Crippen LogP contribution >= 0.6 is 0 Å². The van der Waals surface area contributed by atoms with Crippen molar-refractivity contribution in [2.24, 2.45) is 0 Å². The van der Waals surface area contributed by atoms with Crippen LogP contribution in [-0.2, 0) is 14.3 Å². The van der Waals surface area contributed by atoms with E-state index in [2.05, 4.69) is 0 Å². The first-order chi connectivity index (χ1) is 6.69. The summed E-state index contributed by atoms with van der Waals surface area (Å²) in [6, 6.07) is 0.142. The monoisotopic (exact) mass is 195 g/mol. The van der Waals surface area contributed by atoms with Crippen molar-refractivity contribution >= 4 is 11.9 Å². The van der Waals surface area contributed by atoms with Crippen molar-refractivity contribution < 1.29 is 14.3 Å². The standard InChI is InChI=1S/C10H13NO3/c1-3-9(12)11(8-5-6-8)7-10(13)14-4-2/h1,8H,4-7H2,2H3. The van der Waals surface area contributed by atoms with Crippen LogP contribution in [0.4, 0.5) is 0 Å². The quantitative estimate of drug-likeness (QED) is 0.474. The molecule has 0 saturated heterocycles. The van der Waals surface area contributed by atoms with Crippen molar-refractivity contribution in [3.05, 3.63) is 0 Å². The molecule has 0 radical (unpaired) electrons. The molecule has 4 nitrogen and oxygen atoms in total. The summed E-state index contributed by atoms with van der Waals surface area (Å²) in [6.45, 7) is 2.02. The lowest BCUT2D eigenvalue weighted by molar-refractivity contribution is -0.147. The molecule has 1 rings (SSSR count). The molecule has 0 N–H and O–H groups in total. The maximum absolute atomic E-state index is 11.2. The van der Waals surface area contributed by atoms with E-state index < -0.39 is 11.9 Å². The van der Waals surface area contributed by atoms with Crippen molar-refractivity contribution in [2.45, 2.75) is 25.8 Å². The molecule has 4 heteroatoms. The van der Waals surface area contributed by atoms with Gasteiger partial charge in [0.2, 0.25) is 0 Å². The summed E-state index contributed by atoms with van der Waals surface area (Å²) in [4.78, 5) is 23.7. The van der Waals surface area contributed by atoms with Crippen LogP contribution in [0.15, 0.2) is 0 Å². The Morgan fingerprint density at radius 3 is 2.64 bits per heavy atom. The third-order valence-electron chi connectivity index (χ3n) is 1.98. The summed E-state index contributed by atoms with van der Waals surface area (Å²) in [5.74, 6) is 1.18. The Morgan fingerprint density at radius 1 is 1.57 bits per heavy atom. The van der Waals surface area contributed by atoms with Crippen molar-refractivity contribution in [1.29, 1.82) is 0 Å². The van der Waals surface area contributed by atoms with Gasteiger partial charge < -0.3 is 9.64 Å². The highest BCUT2D eigenvalue weighted by Gasteiger charge is 2.33. The number of nitrogens with zero attached hydrogens (tertiary/aromatic N) is 1. The van der Waals surface area contributed by atoms with E-state index in [-0.39, 0.29) is 12.6 Å². The highest BCUT2D eigenvalue weighted by Crippen LogP contribution is 2.26. The Balaban J connectivity index is 2.48. The average molecular weight is 195 g/mol. The van der Waals surface area contributed by atoms with Crippen molar-refractivity contribution in [3.8, 4) is 12.3 Å². The van der Waals surface area contributed by atoms with Gasteiger partial charge in [0.05, 0.1) is 6.61 Å². The molecule has 0 aliphatic heterocycles. The van der Waals surface area contributed by atoms with Crippen molar-refractivity contribution in [3.63, 3.8) is 0 Å². The highest BCUT2D eigenvalue weighted by molar-refractivity contribution is 5.95. The average Bonchev–Trinajstić information content (AvgIpc) is 2.97. The third kappa shape index (κ3) is 2.77. The number of hydrogen-bond acceptors (Lipinski definition) is 3. The SMILES string of the molecule is C#CC(=O)N(CC(=O)OCC)C1CC1. The van der Waals surface area contributed by atoms with Gasteiger partial charge >= 0.3 is 5.97 Å². The van der Waals surface area contributed by atoms with Gasteiger partial charge in [0, 0.05) is 6.04 Å². The zero-order chi connectivity index (χ0) is 10.6. The molecule has 1 aliphatic rings. The molecule has 76 valence electrons. The Labute approximate surface area is 83.2 Å². The first-order valence-electron chi connectivity index (χ1n) is 4.61. The molecule has 0 aromatic carbocycles. The molecule has 0 unspecified atom stereocenters. The molecule has 1 aliphatic carbocycles. The van der Waals surface area contributed by atoms with Crippen LogP contribution in [0.25, 0.3) is 0 Å². The van der Waals surface area contributed by atoms with Crippen LogP contribution in [0.1, 0.15) is 19.8 Å². The van der Waals surface area contributed by atoms with Crippen LogP contribution in [0.2, 0.25) is 0 Å². The minimum absolute atomic E-state index is 0.0263. The molecule has 0 spiro atoms. The van der Waals surface area contributed by atoms with Crippen LogP contribution in [-0.4, -0.2) is 36.0 Å². The molecule has 0 bridgehead atoms. The Morgan fingerprint density at radius 2 is 2.21 bits per heavy atom. The van der Waals surface area contributed by atoms with Gasteiger partial charge in [0.1, 0.15) is 6.54 Å². The van der Waals surface area contributed by atoms with Crippen LogP contribution in [0.3, 0.4) is 0 Å². The zero-order valence-electron chi connectivity index (χ0n) is 8.16. The second-order valence-corrected chi connectivity index (χ2v) is 3.11. The van der Waals surface area contributed by atoms with Gasteiger partial charge in [-0.15, -0.1) is 6.42 Å². The topological polar surface area (TPSA) is 46.6 Å². The second-order valence-electron chi connectivity index (χ2n) is 3.11. The molecule has 1 amide bonds. The molecular formula is C10H13NO3. The molecule has 1 fully saturated rings. The number of carbonyl (C=O) groups is 2. The van der Waals surface area contributed by atoms with Crippen LogP contribution in [0, 0.1) is 12.3 Å². The van der Waals surface area contributed by atoms with E-state index in [9.17, 15) is 9.59 Å². The van der Waals surface area contributed by atoms with Crippen LogP contribution < -0.4 is 0 Å². The maximum Gasteiger partial charge on any atom is 0.325 e. The predicted molar refractivity (Wildman–Crippen MR) is 50.2 cm³/mol. The summed E-state index contributed by atoms with van der Waals surface area (Å²) >= 11 is 0. The van der Waals surface area contributed by atoms with Gasteiger partial charge in [-0.1, -0.05) is 0 Å². The van der Waals surface area contributed by atoms with E-state index in [0.717, 1.165) is 12.8 Å². The lowest BCUT2D eigenvalue weighted by Crippen LogP contribution is -2.37. The number of terminal acetylenes is 1. The van der Waals surface area contributed by atoms with Crippen molar-refractivity contribution in [2.75, 3.05) is 13.2 Å². The number of esters is 1. The van der Waals surface area contributed by atoms with E-state index in [1.54, 1.807) is 6.92 Å². The molecule has 0 aromatic heterocycles. The molecule has 14 heavy (non-hydrogen) atoms. The fourth-order valence-electron chi connectivity index (χ4n) is 1.18. The van der Waals surface area contributed by atoms with Gasteiger partial charge in [-0.25, -0.2) is 0 Å². The molecule has 0 heterocycles. The largest absolute Gasteiger partial charge is 0.465 e. The van der Waals surface area contributed by atoms with E-state index in [1.165, 1.54) is 4.90 Å². The number of rotatable bonds is 4. The molecule has 0 atom stereocenters. The summed E-state index contributed by atoms with van der Waals surface area (Å²) in [5, 5.41) is 0. The lowest BCUT2D eigenvalue weighted by atomic mass is 10.4. The lowest BCUT2D eigenvalue weighted by Gasteiger charge is -2.17. The Kier molecular flexibility index (Phi) is 3.52. The predicted octanol–water partition coefficient (Wildman–Crippen LogP) is 0.174. The van der Waals surface area contributed by atoms with Gasteiger partial charge in [-0.2, -0.15) is 0 Å². The van der Waals surface area contributed by atoms with E-state index >= 15 is 0 Å². The zero-order valence-corrected chi connectivity index (χ0v) is 8.16. The van der Waals surface area contributed by atoms with Gasteiger partial charge in [-0.05, 0) is 25.7 Å². The Bertz CT molecular complexity index is 276. The second kappa shape index (κ2) is 4.66. The van der Waals surface area contributed by atoms with Gasteiger partial charge in [0.15, 0.2) is 0 Å². The normalized spacial score (nSPS) is 14.3. The number of ether oxygens (including phenoxy) is 1. The van der Waals surface area contributed by atoms with E-state index in [4.69, 9.17) is 11.2 Å². The van der Waals surface area contributed by atoms with Crippen LogP contribution in [0.5, 0.6) is 0 Å². The molecule has 0 aromatic rings. The number of amides is 1. The van der Waals surface area contributed by atoms with Gasteiger partial charge in [0.25, 0.3) is 5.91 Å². The summed E-state index contributed by atoms with van der Waals surface area (Å²) in [7, 11) is 0.